The smallest absolute Gasteiger partial charge is 0.276 e. The zero-order chi connectivity index (χ0) is 17.4. The average Bonchev–Trinajstić information content (AvgIpc) is 2.51. The van der Waals surface area contributed by atoms with Crippen molar-refractivity contribution in [1.29, 1.82) is 0 Å². The lowest BCUT2D eigenvalue weighted by atomic mass is 10.0. The van der Waals surface area contributed by atoms with Crippen molar-refractivity contribution in [1.82, 2.24) is 10.6 Å². The molecule has 23 heavy (non-hydrogen) atoms. The SMILES string of the molecule is CNC(=O)C(CC(C)C)NC(=O)C=Cc1ccccc1[N+](=O)[O-]. The summed E-state index contributed by atoms with van der Waals surface area (Å²) in [4.78, 5) is 34.1. The minimum atomic E-state index is -0.636. The molecule has 0 bridgehead atoms. The molecule has 0 aromatic heterocycles. The molecule has 0 aliphatic carbocycles. The third-order valence-corrected chi connectivity index (χ3v) is 3.13. The van der Waals surface area contributed by atoms with Crippen LogP contribution in [0.15, 0.2) is 30.3 Å². The molecule has 0 aliphatic rings. The maximum atomic E-state index is 12.0. The standard InChI is InChI=1S/C16H21N3O4/c1-11(2)10-13(16(21)17-3)18-15(20)9-8-12-6-4-5-7-14(12)19(22)23/h4-9,11,13H,10H2,1-3H3,(H,17,21)(H,18,20). The first kappa shape index (κ1) is 18.3. The van der Waals surface area contributed by atoms with Gasteiger partial charge >= 0.3 is 0 Å². The summed E-state index contributed by atoms with van der Waals surface area (Å²) >= 11 is 0. The molecule has 1 rings (SSSR count). The molecule has 2 amide bonds. The third kappa shape index (κ3) is 5.90. The summed E-state index contributed by atoms with van der Waals surface area (Å²) in [5.41, 5.74) is 0.245. The molecule has 1 unspecified atom stereocenters. The molecule has 7 heteroatoms. The van der Waals surface area contributed by atoms with Crippen molar-refractivity contribution in [2.75, 3.05) is 7.05 Å². The number of carbonyl (C=O) groups excluding carboxylic acids is 2. The number of para-hydroxylation sites is 1. The molecule has 1 aromatic rings. The molecule has 0 spiro atoms. The number of likely N-dealkylation sites (N-methyl/N-ethyl adjacent to an activating group) is 1. The van der Waals surface area contributed by atoms with Gasteiger partial charge in [0.05, 0.1) is 10.5 Å². The van der Waals surface area contributed by atoms with Gasteiger partial charge in [0.2, 0.25) is 11.8 Å². The Morgan fingerprint density at radius 2 is 1.96 bits per heavy atom. The van der Waals surface area contributed by atoms with E-state index in [4.69, 9.17) is 0 Å². The van der Waals surface area contributed by atoms with Gasteiger partial charge < -0.3 is 10.6 Å². The minimum Gasteiger partial charge on any atom is -0.357 e. The number of hydrogen-bond donors (Lipinski definition) is 2. The van der Waals surface area contributed by atoms with E-state index in [2.05, 4.69) is 10.6 Å². The number of nitro groups is 1. The van der Waals surface area contributed by atoms with Crippen LogP contribution in [0.25, 0.3) is 6.08 Å². The summed E-state index contributed by atoms with van der Waals surface area (Å²) < 4.78 is 0. The maximum absolute atomic E-state index is 12.0. The summed E-state index contributed by atoms with van der Waals surface area (Å²) in [5.74, 6) is -0.514. The zero-order valence-corrected chi connectivity index (χ0v) is 13.4. The number of hydrogen-bond acceptors (Lipinski definition) is 4. The number of rotatable bonds is 7. The molecule has 0 heterocycles. The van der Waals surface area contributed by atoms with E-state index in [1.54, 1.807) is 18.2 Å². The number of carbonyl (C=O) groups is 2. The molecule has 0 saturated heterocycles. The van der Waals surface area contributed by atoms with Crippen molar-refractivity contribution in [3.8, 4) is 0 Å². The van der Waals surface area contributed by atoms with Gasteiger partial charge in [0, 0.05) is 19.2 Å². The van der Waals surface area contributed by atoms with Gasteiger partial charge in [0.1, 0.15) is 6.04 Å². The highest BCUT2D eigenvalue weighted by molar-refractivity contribution is 5.95. The lowest BCUT2D eigenvalue weighted by Gasteiger charge is -2.18. The van der Waals surface area contributed by atoms with Gasteiger partial charge in [-0.15, -0.1) is 0 Å². The second kappa shape index (κ2) is 8.67. The molecule has 0 saturated carbocycles. The van der Waals surface area contributed by atoms with Gasteiger partial charge in [-0.25, -0.2) is 0 Å². The monoisotopic (exact) mass is 319 g/mol. The van der Waals surface area contributed by atoms with Crippen LogP contribution in [-0.4, -0.2) is 29.8 Å². The van der Waals surface area contributed by atoms with E-state index < -0.39 is 16.9 Å². The van der Waals surface area contributed by atoms with Crippen molar-refractivity contribution >= 4 is 23.6 Å². The Kier molecular flexibility index (Phi) is 6.92. The van der Waals surface area contributed by atoms with E-state index in [-0.39, 0.29) is 17.5 Å². The van der Waals surface area contributed by atoms with Crippen molar-refractivity contribution in [2.24, 2.45) is 5.92 Å². The lowest BCUT2D eigenvalue weighted by molar-refractivity contribution is -0.385. The van der Waals surface area contributed by atoms with Gasteiger partial charge in [-0.3, -0.25) is 19.7 Å². The fourth-order valence-corrected chi connectivity index (χ4v) is 2.06. The van der Waals surface area contributed by atoms with E-state index >= 15 is 0 Å². The molecule has 7 nitrogen and oxygen atoms in total. The zero-order valence-electron chi connectivity index (χ0n) is 13.4. The second-order valence-corrected chi connectivity index (χ2v) is 5.45. The van der Waals surface area contributed by atoms with Crippen molar-refractivity contribution in [3.05, 3.63) is 46.0 Å². The number of benzene rings is 1. The van der Waals surface area contributed by atoms with Crippen molar-refractivity contribution < 1.29 is 14.5 Å². The first-order valence-corrected chi connectivity index (χ1v) is 7.28. The molecule has 124 valence electrons. The van der Waals surface area contributed by atoms with Crippen LogP contribution in [0.4, 0.5) is 5.69 Å². The molecule has 0 fully saturated rings. The largest absolute Gasteiger partial charge is 0.357 e. The Labute approximate surface area is 134 Å². The lowest BCUT2D eigenvalue weighted by Crippen LogP contribution is -2.45. The van der Waals surface area contributed by atoms with Crippen molar-refractivity contribution in [3.63, 3.8) is 0 Å². The summed E-state index contributed by atoms with van der Waals surface area (Å²) in [6.07, 6.45) is 3.06. The van der Waals surface area contributed by atoms with Crippen molar-refractivity contribution in [2.45, 2.75) is 26.3 Å². The van der Waals surface area contributed by atoms with Crippen LogP contribution in [0.2, 0.25) is 0 Å². The van der Waals surface area contributed by atoms with Gasteiger partial charge in [0.25, 0.3) is 5.69 Å². The predicted octanol–water partition coefficient (Wildman–Crippen LogP) is 1.88. The molecule has 0 radical (unpaired) electrons. The van der Waals surface area contributed by atoms with E-state index in [9.17, 15) is 19.7 Å². The first-order valence-electron chi connectivity index (χ1n) is 7.28. The number of amides is 2. The van der Waals surface area contributed by atoms with Gasteiger partial charge in [-0.2, -0.15) is 0 Å². The average molecular weight is 319 g/mol. The third-order valence-electron chi connectivity index (χ3n) is 3.13. The van der Waals surface area contributed by atoms with Crippen LogP contribution >= 0.6 is 0 Å². The van der Waals surface area contributed by atoms with Crippen LogP contribution in [0.3, 0.4) is 0 Å². The molecule has 0 aliphatic heterocycles. The highest BCUT2D eigenvalue weighted by atomic mass is 16.6. The second-order valence-electron chi connectivity index (χ2n) is 5.45. The number of nitro benzene ring substituents is 1. The summed E-state index contributed by atoms with van der Waals surface area (Å²) in [5, 5.41) is 16.0. The van der Waals surface area contributed by atoms with Gasteiger partial charge in [0.15, 0.2) is 0 Å². The Hall–Kier alpha value is -2.70. The van der Waals surface area contributed by atoms with Gasteiger partial charge in [-0.05, 0) is 24.5 Å². The Morgan fingerprint density at radius 3 is 2.52 bits per heavy atom. The normalized spacial score (nSPS) is 12.2. The highest BCUT2D eigenvalue weighted by Crippen LogP contribution is 2.18. The fourth-order valence-electron chi connectivity index (χ4n) is 2.06. The quantitative estimate of drug-likeness (QED) is 0.455. The first-order chi connectivity index (χ1) is 10.8. The number of nitrogens with zero attached hydrogens (tertiary/aromatic N) is 1. The molecule has 1 atom stereocenters. The summed E-state index contributed by atoms with van der Waals surface area (Å²) in [6.45, 7) is 3.90. The summed E-state index contributed by atoms with van der Waals surface area (Å²) in [6, 6.07) is 5.48. The molecule has 1 aromatic carbocycles. The maximum Gasteiger partial charge on any atom is 0.276 e. The van der Waals surface area contributed by atoms with E-state index in [1.807, 2.05) is 13.8 Å². The highest BCUT2D eigenvalue weighted by Gasteiger charge is 2.20. The number of nitrogens with one attached hydrogen (secondary N) is 2. The minimum absolute atomic E-state index is 0.0819. The molecular weight excluding hydrogens is 298 g/mol. The topological polar surface area (TPSA) is 101 Å². The van der Waals surface area contributed by atoms with E-state index in [0.29, 0.717) is 12.0 Å². The Morgan fingerprint density at radius 1 is 1.30 bits per heavy atom. The fraction of sp³-hybridized carbons (Fsp3) is 0.375. The Bertz CT molecular complexity index is 611. The molecular formula is C16H21N3O4. The van der Waals surface area contributed by atoms with Crippen LogP contribution in [0.1, 0.15) is 25.8 Å². The predicted molar refractivity (Wildman–Crippen MR) is 87.6 cm³/mol. The van der Waals surface area contributed by atoms with Crippen LogP contribution in [0.5, 0.6) is 0 Å². The summed E-state index contributed by atoms with van der Waals surface area (Å²) in [7, 11) is 1.50. The van der Waals surface area contributed by atoms with E-state index in [0.717, 1.165) is 0 Å². The van der Waals surface area contributed by atoms with Crippen LogP contribution < -0.4 is 10.6 Å². The van der Waals surface area contributed by atoms with E-state index in [1.165, 1.54) is 25.3 Å². The van der Waals surface area contributed by atoms with Crippen LogP contribution in [0, 0.1) is 16.0 Å². The Balaban J connectivity index is 2.82. The van der Waals surface area contributed by atoms with Gasteiger partial charge in [-0.1, -0.05) is 26.0 Å². The van der Waals surface area contributed by atoms with Crippen LogP contribution in [-0.2, 0) is 9.59 Å². The molecule has 2 N–H and O–H groups in total.